The van der Waals surface area contributed by atoms with Gasteiger partial charge in [-0.05, 0) is 7.05 Å². The second kappa shape index (κ2) is 5.21. The molecule has 2 rings (SSSR count). The molecule has 0 bridgehead atoms. The van der Waals surface area contributed by atoms with Crippen LogP contribution in [0.3, 0.4) is 0 Å². The molecule has 2 heterocycles. The van der Waals surface area contributed by atoms with Crippen LogP contribution < -0.4 is 9.47 Å². The first-order valence-corrected chi connectivity index (χ1v) is 5.80. The number of morpholine rings is 1. The summed E-state index contributed by atoms with van der Waals surface area (Å²) in [7, 11) is 4.83. The van der Waals surface area contributed by atoms with Gasteiger partial charge in [-0.2, -0.15) is 9.97 Å². The normalized spacial score (nSPS) is 24.9. The fraction of sp³-hybridized carbons (Fsp3) is 0.700. The maximum absolute atomic E-state index is 6.55. The number of hydrogen-bond acceptors (Lipinski definition) is 7. The molecule has 8 heteroatoms. The van der Waals surface area contributed by atoms with Crippen LogP contribution in [0.4, 0.5) is 0 Å². The summed E-state index contributed by atoms with van der Waals surface area (Å²) in [4.78, 5) is 13.3. The molecule has 1 atom stereocenters. The molecule has 0 aromatic carbocycles. The Balaban J connectivity index is 2.41. The van der Waals surface area contributed by atoms with E-state index in [4.69, 9.17) is 25.8 Å². The Bertz CT molecular complexity index is 411. The van der Waals surface area contributed by atoms with E-state index in [9.17, 15) is 0 Å². The number of methoxy groups -OCH3 is 2. The summed E-state index contributed by atoms with van der Waals surface area (Å²) in [5, 5.41) is 0. The van der Waals surface area contributed by atoms with E-state index in [1.54, 1.807) is 0 Å². The number of rotatable bonds is 3. The average Bonchev–Trinajstić information content (AvgIpc) is 2.41. The van der Waals surface area contributed by atoms with Gasteiger partial charge in [-0.1, -0.05) is 11.6 Å². The second-order valence-electron chi connectivity index (χ2n) is 3.87. The van der Waals surface area contributed by atoms with Crippen LogP contribution in [-0.4, -0.2) is 60.9 Å². The zero-order valence-corrected chi connectivity index (χ0v) is 11.3. The molecule has 7 nitrogen and oxygen atoms in total. The van der Waals surface area contributed by atoms with Gasteiger partial charge >= 0.3 is 12.0 Å². The van der Waals surface area contributed by atoms with Gasteiger partial charge in [0.1, 0.15) is 0 Å². The van der Waals surface area contributed by atoms with Crippen LogP contribution in [0.5, 0.6) is 12.0 Å². The zero-order valence-electron chi connectivity index (χ0n) is 10.5. The first-order valence-electron chi connectivity index (χ1n) is 5.42. The van der Waals surface area contributed by atoms with Gasteiger partial charge in [-0.25, -0.2) is 0 Å². The van der Waals surface area contributed by atoms with Crippen molar-refractivity contribution in [1.29, 1.82) is 0 Å². The average molecular weight is 275 g/mol. The molecule has 0 N–H and O–H groups in total. The van der Waals surface area contributed by atoms with Gasteiger partial charge in [0.05, 0.1) is 27.4 Å². The van der Waals surface area contributed by atoms with Crippen molar-refractivity contribution in [3.05, 3.63) is 5.82 Å². The van der Waals surface area contributed by atoms with Gasteiger partial charge in [0.2, 0.25) is 0 Å². The van der Waals surface area contributed by atoms with Gasteiger partial charge in [-0.3, -0.25) is 4.90 Å². The smallest absolute Gasteiger partial charge is 0.322 e. The summed E-state index contributed by atoms with van der Waals surface area (Å²) < 4.78 is 15.4. The summed E-state index contributed by atoms with van der Waals surface area (Å²) in [5.74, 6) is 0.357. The van der Waals surface area contributed by atoms with Crippen molar-refractivity contribution in [1.82, 2.24) is 19.9 Å². The van der Waals surface area contributed by atoms with Crippen molar-refractivity contribution >= 4 is 11.6 Å². The van der Waals surface area contributed by atoms with Crippen molar-refractivity contribution < 1.29 is 14.2 Å². The van der Waals surface area contributed by atoms with Crippen molar-refractivity contribution in [2.45, 2.75) is 5.00 Å². The van der Waals surface area contributed by atoms with Gasteiger partial charge < -0.3 is 14.2 Å². The van der Waals surface area contributed by atoms with Gasteiger partial charge in [0, 0.05) is 6.54 Å². The van der Waals surface area contributed by atoms with Crippen LogP contribution in [0.25, 0.3) is 0 Å². The maximum Gasteiger partial charge on any atom is 0.322 e. The third kappa shape index (κ3) is 2.33. The quantitative estimate of drug-likeness (QED) is 0.578. The van der Waals surface area contributed by atoms with E-state index in [2.05, 4.69) is 15.0 Å². The molecule has 0 aliphatic carbocycles. The molecule has 18 heavy (non-hydrogen) atoms. The summed E-state index contributed by atoms with van der Waals surface area (Å²) in [6.45, 7) is 1.62. The van der Waals surface area contributed by atoms with Crippen LogP contribution in [0.15, 0.2) is 0 Å². The van der Waals surface area contributed by atoms with E-state index < -0.39 is 5.00 Å². The Morgan fingerprint density at radius 3 is 2.33 bits per heavy atom. The van der Waals surface area contributed by atoms with E-state index in [0.717, 1.165) is 0 Å². The van der Waals surface area contributed by atoms with Crippen molar-refractivity contribution in [2.24, 2.45) is 0 Å². The SMILES string of the molecule is COc1nc(OC)nc(C2(Cl)COCCN2C)n1. The van der Waals surface area contributed by atoms with E-state index >= 15 is 0 Å². The van der Waals surface area contributed by atoms with Crippen LogP contribution in [0, 0.1) is 0 Å². The van der Waals surface area contributed by atoms with E-state index in [1.165, 1.54) is 14.2 Å². The number of hydrogen-bond donors (Lipinski definition) is 0. The lowest BCUT2D eigenvalue weighted by atomic mass is 10.2. The van der Waals surface area contributed by atoms with Gasteiger partial charge in [0.15, 0.2) is 10.8 Å². The highest BCUT2D eigenvalue weighted by Crippen LogP contribution is 2.33. The van der Waals surface area contributed by atoms with Crippen molar-refractivity contribution in [3.63, 3.8) is 0 Å². The van der Waals surface area contributed by atoms with E-state index in [0.29, 0.717) is 25.6 Å². The molecule has 0 spiro atoms. The fourth-order valence-corrected chi connectivity index (χ4v) is 1.87. The Kier molecular flexibility index (Phi) is 3.84. The summed E-state index contributed by atoms with van der Waals surface area (Å²) in [6.07, 6.45) is 0. The number of halogens is 1. The van der Waals surface area contributed by atoms with Crippen LogP contribution in [-0.2, 0) is 9.73 Å². The minimum atomic E-state index is -0.929. The number of aromatic nitrogens is 3. The van der Waals surface area contributed by atoms with Gasteiger partial charge in [0.25, 0.3) is 0 Å². The van der Waals surface area contributed by atoms with Crippen LogP contribution >= 0.6 is 11.6 Å². The summed E-state index contributed by atoms with van der Waals surface area (Å²) >= 11 is 6.55. The molecular weight excluding hydrogens is 260 g/mol. The minimum Gasteiger partial charge on any atom is -0.467 e. The van der Waals surface area contributed by atoms with Crippen molar-refractivity contribution in [2.75, 3.05) is 41.0 Å². The molecule has 1 aliphatic heterocycles. The highest BCUT2D eigenvalue weighted by atomic mass is 35.5. The highest BCUT2D eigenvalue weighted by molar-refractivity contribution is 6.23. The molecule has 0 amide bonds. The van der Waals surface area contributed by atoms with E-state index in [1.807, 2.05) is 11.9 Å². The van der Waals surface area contributed by atoms with Crippen LogP contribution in [0.2, 0.25) is 0 Å². The van der Waals surface area contributed by atoms with E-state index in [-0.39, 0.29) is 12.0 Å². The lowest BCUT2D eigenvalue weighted by Crippen LogP contribution is -2.49. The first kappa shape index (κ1) is 13.3. The lowest BCUT2D eigenvalue weighted by molar-refractivity contribution is -0.0209. The molecule has 1 aromatic heterocycles. The molecule has 1 saturated heterocycles. The standard InChI is InChI=1S/C10H15ClN4O3/c1-15-4-5-18-6-10(15,11)7-12-8(16-2)14-9(13-7)17-3/h4-6H2,1-3H3. The first-order chi connectivity index (χ1) is 8.60. The second-order valence-corrected chi connectivity index (χ2v) is 4.49. The molecule has 1 aliphatic rings. The summed E-state index contributed by atoms with van der Waals surface area (Å²) in [6, 6.07) is 0.326. The maximum atomic E-state index is 6.55. The van der Waals surface area contributed by atoms with Crippen molar-refractivity contribution in [3.8, 4) is 12.0 Å². The largest absolute Gasteiger partial charge is 0.467 e. The summed E-state index contributed by atoms with van der Waals surface area (Å²) in [5.41, 5.74) is 0. The number of nitrogens with zero attached hydrogens (tertiary/aromatic N) is 4. The molecule has 0 radical (unpaired) electrons. The Morgan fingerprint density at radius 1 is 1.22 bits per heavy atom. The number of alkyl halides is 1. The predicted octanol–water partition coefficient (Wildman–Crippen LogP) is 0.242. The lowest BCUT2D eigenvalue weighted by Gasteiger charge is -2.38. The third-order valence-electron chi connectivity index (χ3n) is 2.77. The topological polar surface area (TPSA) is 69.6 Å². The number of ether oxygens (including phenoxy) is 3. The van der Waals surface area contributed by atoms with Gasteiger partial charge in [-0.15, -0.1) is 4.98 Å². The van der Waals surface area contributed by atoms with Crippen LogP contribution in [0.1, 0.15) is 5.82 Å². The Morgan fingerprint density at radius 2 is 1.83 bits per heavy atom. The number of likely N-dealkylation sites (N-methyl/N-ethyl adjacent to an activating group) is 1. The third-order valence-corrected chi connectivity index (χ3v) is 3.34. The highest BCUT2D eigenvalue weighted by Gasteiger charge is 2.41. The Hall–Kier alpha value is -1.18. The molecule has 100 valence electrons. The molecular formula is C10H15ClN4O3. The zero-order chi connectivity index (χ0) is 13.2. The monoisotopic (exact) mass is 274 g/mol. The predicted molar refractivity (Wildman–Crippen MR) is 63.9 cm³/mol. The minimum absolute atomic E-state index is 0.163. The molecule has 1 fully saturated rings. The molecule has 0 saturated carbocycles. The fourth-order valence-electron chi connectivity index (χ4n) is 1.62. The Labute approximate surface area is 110 Å². The molecule has 1 aromatic rings. The molecule has 1 unspecified atom stereocenters.